The zero-order valence-corrected chi connectivity index (χ0v) is 19.7. The summed E-state index contributed by atoms with van der Waals surface area (Å²) in [4.78, 5) is 27.4. The molecule has 170 valence electrons. The summed E-state index contributed by atoms with van der Waals surface area (Å²) >= 11 is 0. The number of aryl methyl sites for hydroxylation is 1. The maximum absolute atomic E-state index is 12.8. The maximum atomic E-state index is 12.8. The monoisotopic (exact) mass is 466 g/mol. The predicted octanol–water partition coefficient (Wildman–Crippen LogP) is 4.08. The number of hydrogen-bond acceptors (Lipinski definition) is 4. The highest BCUT2D eigenvalue weighted by Gasteiger charge is 2.30. The van der Waals surface area contributed by atoms with Gasteiger partial charge in [0.05, 0.1) is 6.54 Å². The number of rotatable bonds is 6. The summed E-state index contributed by atoms with van der Waals surface area (Å²) in [5.41, 5.74) is 8.10. The van der Waals surface area contributed by atoms with Crippen LogP contribution in [0.15, 0.2) is 48.5 Å². The smallest absolute Gasteiger partial charge is 0.248 e. The third kappa shape index (κ3) is 7.21. The first-order valence-corrected chi connectivity index (χ1v) is 10.1. The SMILES string of the molecule is Cc1ccc(NC(=O)C(C)(N)c2ccccc2)cc1NC(=O)CN1CCCCC1.Cl.Cl. The molecule has 1 unspecified atom stereocenters. The second-order valence-corrected chi connectivity index (χ2v) is 7.94. The van der Waals surface area contributed by atoms with Crippen LogP contribution in [0.1, 0.15) is 37.3 Å². The lowest BCUT2D eigenvalue weighted by Gasteiger charge is -2.26. The lowest BCUT2D eigenvalue weighted by Crippen LogP contribution is -2.45. The van der Waals surface area contributed by atoms with E-state index in [4.69, 9.17) is 5.73 Å². The summed E-state index contributed by atoms with van der Waals surface area (Å²) in [6.07, 6.45) is 3.53. The number of nitrogens with one attached hydrogen (secondary N) is 2. The summed E-state index contributed by atoms with van der Waals surface area (Å²) in [6.45, 7) is 5.95. The van der Waals surface area contributed by atoms with Gasteiger partial charge in [0.15, 0.2) is 0 Å². The van der Waals surface area contributed by atoms with Gasteiger partial charge in [0.25, 0.3) is 0 Å². The van der Waals surface area contributed by atoms with E-state index < -0.39 is 5.54 Å². The quantitative estimate of drug-likeness (QED) is 0.598. The van der Waals surface area contributed by atoms with E-state index in [9.17, 15) is 9.59 Å². The van der Waals surface area contributed by atoms with Crippen LogP contribution in [0, 0.1) is 6.92 Å². The van der Waals surface area contributed by atoms with Crippen molar-refractivity contribution in [3.8, 4) is 0 Å². The van der Waals surface area contributed by atoms with Gasteiger partial charge in [-0.15, -0.1) is 24.8 Å². The van der Waals surface area contributed by atoms with Gasteiger partial charge in [-0.3, -0.25) is 14.5 Å². The average molecular weight is 467 g/mol. The molecule has 1 heterocycles. The van der Waals surface area contributed by atoms with Crippen molar-refractivity contribution in [1.29, 1.82) is 0 Å². The minimum Gasteiger partial charge on any atom is -0.325 e. The highest BCUT2D eigenvalue weighted by molar-refractivity contribution is 5.99. The molecule has 4 N–H and O–H groups in total. The summed E-state index contributed by atoms with van der Waals surface area (Å²) in [5.74, 6) is -0.343. The molecule has 0 bridgehead atoms. The van der Waals surface area contributed by atoms with Crippen molar-refractivity contribution in [1.82, 2.24) is 4.90 Å². The van der Waals surface area contributed by atoms with Gasteiger partial charge in [-0.1, -0.05) is 42.8 Å². The number of hydrogen-bond donors (Lipinski definition) is 3. The van der Waals surface area contributed by atoms with Crippen LogP contribution in [0.2, 0.25) is 0 Å². The summed E-state index contributed by atoms with van der Waals surface area (Å²) in [5, 5.41) is 5.86. The number of piperidine rings is 1. The third-order valence-corrected chi connectivity index (χ3v) is 5.43. The van der Waals surface area contributed by atoms with E-state index in [1.807, 2.05) is 49.4 Å². The number of amides is 2. The number of carbonyl (C=O) groups is 2. The molecule has 3 rings (SSSR count). The number of halogens is 2. The Morgan fingerprint density at radius 3 is 2.29 bits per heavy atom. The third-order valence-electron chi connectivity index (χ3n) is 5.43. The highest BCUT2D eigenvalue weighted by Crippen LogP contribution is 2.24. The van der Waals surface area contributed by atoms with Gasteiger partial charge in [0.1, 0.15) is 5.54 Å². The Labute approximate surface area is 196 Å². The number of carbonyl (C=O) groups excluding carboxylic acids is 2. The fraction of sp³-hybridized carbons (Fsp3) is 0.391. The van der Waals surface area contributed by atoms with E-state index in [0.717, 1.165) is 37.1 Å². The molecule has 1 saturated heterocycles. The number of nitrogens with zero attached hydrogens (tertiary/aromatic N) is 1. The Bertz CT molecular complexity index is 869. The van der Waals surface area contributed by atoms with E-state index in [-0.39, 0.29) is 36.6 Å². The van der Waals surface area contributed by atoms with Crippen molar-refractivity contribution in [3.05, 3.63) is 59.7 Å². The Morgan fingerprint density at radius 1 is 1.00 bits per heavy atom. The zero-order chi connectivity index (χ0) is 20.9. The van der Waals surface area contributed by atoms with Gasteiger partial charge < -0.3 is 16.4 Å². The van der Waals surface area contributed by atoms with E-state index in [1.54, 1.807) is 13.0 Å². The molecule has 1 atom stereocenters. The molecule has 6 nitrogen and oxygen atoms in total. The topological polar surface area (TPSA) is 87.5 Å². The molecule has 1 fully saturated rings. The molecule has 0 aromatic heterocycles. The first-order valence-electron chi connectivity index (χ1n) is 10.1. The molecule has 0 radical (unpaired) electrons. The molecule has 2 amide bonds. The van der Waals surface area contributed by atoms with Crippen molar-refractivity contribution >= 4 is 48.0 Å². The van der Waals surface area contributed by atoms with Crippen molar-refractivity contribution in [2.75, 3.05) is 30.3 Å². The van der Waals surface area contributed by atoms with Gasteiger partial charge in [0, 0.05) is 11.4 Å². The number of likely N-dealkylation sites (tertiary alicyclic amines) is 1. The minimum atomic E-state index is -1.16. The van der Waals surface area contributed by atoms with E-state index >= 15 is 0 Å². The normalized spacial score (nSPS) is 15.6. The molecule has 2 aromatic carbocycles. The van der Waals surface area contributed by atoms with Crippen LogP contribution in [0.4, 0.5) is 11.4 Å². The van der Waals surface area contributed by atoms with Gasteiger partial charge in [-0.2, -0.15) is 0 Å². The molecule has 0 aliphatic carbocycles. The fourth-order valence-corrected chi connectivity index (χ4v) is 3.52. The van der Waals surface area contributed by atoms with Crippen LogP contribution >= 0.6 is 24.8 Å². The van der Waals surface area contributed by atoms with Gasteiger partial charge in [-0.25, -0.2) is 0 Å². The lowest BCUT2D eigenvalue weighted by atomic mass is 9.92. The van der Waals surface area contributed by atoms with Crippen molar-refractivity contribution in [2.45, 2.75) is 38.6 Å². The molecule has 1 aliphatic heterocycles. The Morgan fingerprint density at radius 2 is 1.65 bits per heavy atom. The van der Waals surface area contributed by atoms with Crippen molar-refractivity contribution in [3.63, 3.8) is 0 Å². The summed E-state index contributed by atoms with van der Waals surface area (Å²) in [6, 6.07) is 14.7. The van der Waals surface area contributed by atoms with E-state index in [1.165, 1.54) is 6.42 Å². The predicted molar refractivity (Wildman–Crippen MR) is 131 cm³/mol. The Kier molecular flexibility index (Phi) is 10.5. The Hall–Kier alpha value is -2.12. The van der Waals surface area contributed by atoms with E-state index in [0.29, 0.717) is 17.9 Å². The van der Waals surface area contributed by atoms with Crippen LogP contribution in [0.3, 0.4) is 0 Å². The minimum absolute atomic E-state index is 0. The molecular weight excluding hydrogens is 435 g/mol. The fourth-order valence-electron chi connectivity index (χ4n) is 3.52. The van der Waals surface area contributed by atoms with Crippen LogP contribution in [-0.4, -0.2) is 36.3 Å². The van der Waals surface area contributed by atoms with Crippen LogP contribution in [-0.2, 0) is 15.1 Å². The van der Waals surface area contributed by atoms with Crippen LogP contribution in [0.25, 0.3) is 0 Å². The highest BCUT2D eigenvalue weighted by atomic mass is 35.5. The molecule has 2 aromatic rings. The summed E-state index contributed by atoms with van der Waals surface area (Å²) in [7, 11) is 0. The molecule has 0 spiro atoms. The number of nitrogens with two attached hydrogens (primary N) is 1. The standard InChI is InChI=1S/C23H30N4O2.2ClH/c1-17-11-12-19(25-22(29)23(2,24)18-9-5-3-6-10-18)15-20(17)26-21(28)16-27-13-7-4-8-14-27;;/h3,5-6,9-12,15H,4,7-8,13-14,16,24H2,1-2H3,(H,25,29)(H,26,28);2*1H. The van der Waals surface area contributed by atoms with Crippen molar-refractivity contribution < 1.29 is 9.59 Å². The van der Waals surface area contributed by atoms with Crippen molar-refractivity contribution in [2.24, 2.45) is 5.73 Å². The second kappa shape index (κ2) is 12.1. The van der Waals surface area contributed by atoms with Gasteiger partial charge >= 0.3 is 0 Å². The second-order valence-electron chi connectivity index (χ2n) is 7.94. The largest absolute Gasteiger partial charge is 0.325 e. The first kappa shape index (κ1) is 26.9. The molecular formula is C23H32Cl2N4O2. The molecule has 0 saturated carbocycles. The van der Waals surface area contributed by atoms with Crippen LogP contribution in [0.5, 0.6) is 0 Å². The maximum Gasteiger partial charge on any atom is 0.248 e. The van der Waals surface area contributed by atoms with E-state index in [2.05, 4.69) is 15.5 Å². The average Bonchev–Trinajstić information content (AvgIpc) is 2.71. The number of benzene rings is 2. The lowest BCUT2D eigenvalue weighted by molar-refractivity contribution is -0.121. The van der Waals surface area contributed by atoms with Gasteiger partial charge in [0.2, 0.25) is 11.8 Å². The first-order chi connectivity index (χ1) is 13.9. The zero-order valence-electron chi connectivity index (χ0n) is 18.0. The van der Waals surface area contributed by atoms with Crippen LogP contribution < -0.4 is 16.4 Å². The summed E-state index contributed by atoms with van der Waals surface area (Å²) < 4.78 is 0. The molecule has 8 heteroatoms. The Balaban J connectivity index is 0.00000240. The van der Waals surface area contributed by atoms with Gasteiger partial charge in [-0.05, 0) is 63.0 Å². The molecule has 31 heavy (non-hydrogen) atoms. The molecule has 1 aliphatic rings. The number of anilines is 2.